The van der Waals surface area contributed by atoms with Crippen molar-refractivity contribution < 1.29 is 9.53 Å². The summed E-state index contributed by atoms with van der Waals surface area (Å²) in [6.07, 6.45) is 8.42. The van der Waals surface area contributed by atoms with Crippen LogP contribution >= 0.6 is 15.9 Å². The molecule has 1 aromatic heterocycles. The molecule has 3 nitrogen and oxygen atoms in total. The minimum Gasteiger partial charge on any atom is -0.463 e. The van der Waals surface area contributed by atoms with Crippen molar-refractivity contribution in [2.24, 2.45) is 0 Å². The Bertz CT molecular complexity index is 611. The van der Waals surface area contributed by atoms with Crippen LogP contribution in [0.2, 0.25) is 0 Å². The summed E-state index contributed by atoms with van der Waals surface area (Å²) in [6, 6.07) is 11.6. The summed E-state index contributed by atoms with van der Waals surface area (Å²) in [5, 5.41) is 0. The van der Waals surface area contributed by atoms with Crippen molar-refractivity contribution in [2.75, 3.05) is 6.61 Å². The van der Waals surface area contributed by atoms with Crippen molar-refractivity contribution in [3.05, 3.63) is 70.5 Å². The van der Waals surface area contributed by atoms with Gasteiger partial charge in [-0.2, -0.15) is 0 Å². The predicted molar refractivity (Wildman–Crippen MR) is 86.7 cm³/mol. The van der Waals surface area contributed by atoms with Gasteiger partial charge in [-0.3, -0.25) is 4.98 Å². The highest BCUT2D eigenvalue weighted by atomic mass is 79.9. The molecule has 0 aliphatic carbocycles. The number of halogens is 1. The zero-order valence-electron chi connectivity index (χ0n) is 11.5. The lowest BCUT2D eigenvalue weighted by atomic mass is 10.2. The number of nitrogens with zero attached hydrogens (tertiary/aromatic N) is 1. The highest BCUT2D eigenvalue weighted by molar-refractivity contribution is 9.10. The number of pyridine rings is 1. The maximum atomic E-state index is 11.6. The molecule has 0 saturated carbocycles. The largest absolute Gasteiger partial charge is 0.463 e. The maximum absolute atomic E-state index is 11.6. The Morgan fingerprint density at radius 1 is 1.29 bits per heavy atom. The lowest BCUT2D eigenvalue weighted by molar-refractivity contribution is -0.137. The summed E-state index contributed by atoms with van der Waals surface area (Å²) in [4.78, 5) is 15.6. The summed E-state index contributed by atoms with van der Waals surface area (Å²) < 4.78 is 6.14. The molecule has 0 atom stereocenters. The average Bonchev–Trinajstić information content (AvgIpc) is 2.51. The van der Waals surface area contributed by atoms with Gasteiger partial charge in [0.2, 0.25) is 0 Å². The molecule has 21 heavy (non-hydrogen) atoms. The van der Waals surface area contributed by atoms with Gasteiger partial charge in [0.05, 0.1) is 6.61 Å². The van der Waals surface area contributed by atoms with Gasteiger partial charge in [0.25, 0.3) is 0 Å². The molecule has 2 rings (SSSR count). The molecule has 0 bridgehead atoms. The van der Waals surface area contributed by atoms with Crippen LogP contribution in [-0.4, -0.2) is 17.6 Å². The molecule has 0 spiro atoms. The van der Waals surface area contributed by atoms with Gasteiger partial charge in [-0.05, 0) is 48.2 Å². The number of hydrogen-bond acceptors (Lipinski definition) is 3. The standard InChI is InChI=1S/C17H16BrNO2/c18-16-7-1-4-14(12-16)8-9-17(20)21-11-3-6-15-5-2-10-19-13-15/h1-2,4-5,7-10,12-13H,3,6,11H2/b9-8+. The summed E-state index contributed by atoms with van der Waals surface area (Å²) in [5.74, 6) is -0.318. The molecule has 0 aliphatic rings. The van der Waals surface area contributed by atoms with Crippen LogP contribution in [0.25, 0.3) is 6.08 Å². The third-order valence-corrected chi connectivity index (χ3v) is 3.33. The maximum Gasteiger partial charge on any atom is 0.330 e. The number of hydrogen-bond donors (Lipinski definition) is 0. The van der Waals surface area contributed by atoms with Gasteiger partial charge in [0, 0.05) is 22.9 Å². The first-order chi connectivity index (χ1) is 10.2. The van der Waals surface area contributed by atoms with E-state index in [1.54, 1.807) is 12.3 Å². The smallest absolute Gasteiger partial charge is 0.330 e. The van der Waals surface area contributed by atoms with Gasteiger partial charge >= 0.3 is 5.97 Å². The molecule has 0 N–H and O–H groups in total. The normalized spacial score (nSPS) is 10.7. The van der Waals surface area contributed by atoms with Gasteiger partial charge < -0.3 is 4.74 Å². The van der Waals surface area contributed by atoms with Crippen molar-refractivity contribution in [1.82, 2.24) is 4.98 Å². The minimum atomic E-state index is -0.318. The zero-order chi connectivity index (χ0) is 14.9. The monoisotopic (exact) mass is 345 g/mol. The van der Waals surface area contributed by atoms with E-state index in [9.17, 15) is 4.79 Å². The van der Waals surface area contributed by atoms with Crippen LogP contribution in [0.1, 0.15) is 17.5 Å². The number of esters is 1. The Kier molecular flexibility index (Phi) is 6.16. The van der Waals surface area contributed by atoms with Crippen LogP contribution < -0.4 is 0 Å². The number of carbonyl (C=O) groups is 1. The first-order valence-electron chi connectivity index (χ1n) is 6.73. The van der Waals surface area contributed by atoms with Gasteiger partial charge in [0.1, 0.15) is 0 Å². The lowest BCUT2D eigenvalue weighted by Crippen LogP contribution is -2.03. The third-order valence-electron chi connectivity index (χ3n) is 2.84. The second-order valence-corrected chi connectivity index (χ2v) is 5.44. The first kappa shape index (κ1) is 15.4. The van der Waals surface area contributed by atoms with Crippen molar-refractivity contribution in [3.8, 4) is 0 Å². The van der Waals surface area contributed by atoms with Crippen LogP contribution in [0, 0.1) is 0 Å². The molecule has 4 heteroatoms. The Balaban J connectivity index is 1.70. The van der Waals surface area contributed by atoms with Crippen molar-refractivity contribution >= 4 is 28.0 Å². The molecule has 0 fully saturated rings. The van der Waals surface area contributed by atoms with Crippen LogP contribution in [0.15, 0.2) is 59.3 Å². The highest BCUT2D eigenvalue weighted by Gasteiger charge is 1.98. The van der Waals surface area contributed by atoms with Gasteiger partial charge in [-0.15, -0.1) is 0 Å². The SMILES string of the molecule is O=C(/C=C/c1cccc(Br)c1)OCCCc1cccnc1. The number of aryl methyl sites for hydroxylation is 1. The number of aromatic nitrogens is 1. The molecule has 1 heterocycles. The van der Waals surface area contributed by atoms with E-state index in [-0.39, 0.29) is 5.97 Å². The van der Waals surface area contributed by atoms with E-state index in [2.05, 4.69) is 20.9 Å². The zero-order valence-corrected chi connectivity index (χ0v) is 13.1. The molecule has 0 unspecified atom stereocenters. The Morgan fingerprint density at radius 3 is 2.95 bits per heavy atom. The number of ether oxygens (including phenoxy) is 1. The quantitative estimate of drug-likeness (QED) is 0.450. The second-order valence-electron chi connectivity index (χ2n) is 4.52. The molecule has 0 radical (unpaired) electrons. The summed E-state index contributed by atoms with van der Waals surface area (Å²) in [5.41, 5.74) is 2.11. The van der Waals surface area contributed by atoms with E-state index in [0.29, 0.717) is 6.61 Å². The molecule has 2 aromatic rings. The average molecular weight is 346 g/mol. The van der Waals surface area contributed by atoms with Gasteiger partial charge in [-0.25, -0.2) is 4.79 Å². The molecule has 0 saturated heterocycles. The van der Waals surface area contributed by atoms with E-state index >= 15 is 0 Å². The third kappa shape index (κ3) is 5.92. The predicted octanol–water partition coefficient (Wildman–Crippen LogP) is 4.03. The number of rotatable bonds is 6. The van der Waals surface area contributed by atoms with E-state index in [0.717, 1.165) is 28.4 Å². The fourth-order valence-electron chi connectivity index (χ4n) is 1.82. The summed E-state index contributed by atoms with van der Waals surface area (Å²) in [6.45, 7) is 0.413. The Labute approximate surface area is 132 Å². The molecular weight excluding hydrogens is 330 g/mol. The highest BCUT2D eigenvalue weighted by Crippen LogP contribution is 2.12. The van der Waals surface area contributed by atoms with Gasteiger partial charge in [0.15, 0.2) is 0 Å². The molecule has 108 valence electrons. The fraction of sp³-hybridized carbons (Fsp3) is 0.176. The number of benzene rings is 1. The van der Waals surface area contributed by atoms with Crippen LogP contribution in [0.4, 0.5) is 0 Å². The topological polar surface area (TPSA) is 39.2 Å². The Hall–Kier alpha value is -1.94. The first-order valence-corrected chi connectivity index (χ1v) is 7.52. The van der Waals surface area contributed by atoms with Crippen LogP contribution in [0.5, 0.6) is 0 Å². The van der Waals surface area contributed by atoms with Crippen LogP contribution in [-0.2, 0) is 16.0 Å². The summed E-state index contributed by atoms with van der Waals surface area (Å²) in [7, 11) is 0. The second kappa shape index (κ2) is 8.37. The van der Waals surface area contributed by atoms with Gasteiger partial charge in [-0.1, -0.05) is 34.1 Å². The fourth-order valence-corrected chi connectivity index (χ4v) is 2.23. The van der Waals surface area contributed by atoms with E-state index in [1.165, 1.54) is 6.08 Å². The van der Waals surface area contributed by atoms with E-state index in [4.69, 9.17) is 4.74 Å². The number of carbonyl (C=O) groups excluding carboxylic acids is 1. The van der Waals surface area contributed by atoms with Crippen molar-refractivity contribution in [3.63, 3.8) is 0 Å². The molecular formula is C17H16BrNO2. The van der Waals surface area contributed by atoms with Crippen LogP contribution in [0.3, 0.4) is 0 Å². The van der Waals surface area contributed by atoms with Crippen molar-refractivity contribution in [1.29, 1.82) is 0 Å². The molecule has 0 aliphatic heterocycles. The molecule has 1 aromatic carbocycles. The lowest BCUT2D eigenvalue weighted by Gasteiger charge is -2.02. The summed E-state index contributed by atoms with van der Waals surface area (Å²) >= 11 is 3.39. The van der Waals surface area contributed by atoms with E-state index < -0.39 is 0 Å². The van der Waals surface area contributed by atoms with E-state index in [1.807, 2.05) is 42.6 Å². The Morgan fingerprint density at radius 2 is 2.19 bits per heavy atom. The van der Waals surface area contributed by atoms with Crippen molar-refractivity contribution in [2.45, 2.75) is 12.8 Å². The molecule has 0 amide bonds. The minimum absolute atomic E-state index is 0.318.